The SMILES string of the molecule is [B].c1ccc(-c2ccccn2)nc1. The van der Waals surface area contributed by atoms with Crippen LogP contribution in [0.15, 0.2) is 48.8 Å². The van der Waals surface area contributed by atoms with E-state index in [-0.39, 0.29) is 8.41 Å². The largest absolute Gasteiger partial charge is 0.255 e. The third-order valence-corrected chi connectivity index (χ3v) is 1.59. The average molecular weight is 167 g/mol. The summed E-state index contributed by atoms with van der Waals surface area (Å²) in [5.41, 5.74) is 1.83. The Hall–Kier alpha value is -1.64. The fourth-order valence-electron chi connectivity index (χ4n) is 1.03. The van der Waals surface area contributed by atoms with Gasteiger partial charge in [-0.1, -0.05) is 12.1 Å². The van der Waals surface area contributed by atoms with Gasteiger partial charge in [0.2, 0.25) is 0 Å². The first kappa shape index (κ1) is 9.45. The summed E-state index contributed by atoms with van der Waals surface area (Å²) in [7, 11) is 0. The summed E-state index contributed by atoms with van der Waals surface area (Å²) in [6, 6.07) is 11.6. The monoisotopic (exact) mass is 167 g/mol. The first-order chi connectivity index (χ1) is 5.97. The Morgan fingerprint density at radius 3 is 1.46 bits per heavy atom. The van der Waals surface area contributed by atoms with E-state index in [2.05, 4.69) is 9.97 Å². The van der Waals surface area contributed by atoms with Gasteiger partial charge in [-0.2, -0.15) is 0 Å². The van der Waals surface area contributed by atoms with E-state index in [1.807, 2.05) is 36.4 Å². The second-order valence-corrected chi connectivity index (χ2v) is 2.43. The Kier molecular flexibility index (Phi) is 3.20. The summed E-state index contributed by atoms with van der Waals surface area (Å²) >= 11 is 0. The molecule has 0 aliphatic heterocycles. The van der Waals surface area contributed by atoms with Gasteiger partial charge in [0.25, 0.3) is 0 Å². The van der Waals surface area contributed by atoms with E-state index in [0.717, 1.165) is 11.4 Å². The second kappa shape index (κ2) is 4.41. The molecule has 0 N–H and O–H groups in total. The molecule has 0 fully saturated rings. The maximum Gasteiger partial charge on any atom is 0.0886 e. The molecule has 0 unspecified atom stereocenters. The molecule has 2 heterocycles. The molecule has 3 radical (unpaired) electrons. The van der Waals surface area contributed by atoms with Gasteiger partial charge in [0.1, 0.15) is 0 Å². The molecule has 0 saturated carbocycles. The third-order valence-electron chi connectivity index (χ3n) is 1.59. The smallest absolute Gasteiger partial charge is 0.0886 e. The molecule has 0 amide bonds. The molecular formula is C10H8BN2. The van der Waals surface area contributed by atoms with Crippen LogP contribution in [0.5, 0.6) is 0 Å². The minimum absolute atomic E-state index is 0. The topological polar surface area (TPSA) is 25.8 Å². The molecule has 2 aromatic rings. The standard InChI is InChI=1S/C10H8N2.B/c1-3-7-11-9(5-1)10-6-2-4-8-12-10;/h1-8H;. The summed E-state index contributed by atoms with van der Waals surface area (Å²) in [5.74, 6) is 0. The molecule has 2 aromatic heterocycles. The van der Waals surface area contributed by atoms with Crippen molar-refractivity contribution in [3.63, 3.8) is 0 Å². The number of rotatable bonds is 1. The summed E-state index contributed by atoms with van der Waals surface area (Å²) in [6.07, 6.45) is 3.54. The van der Waals surface area contributed by atoms with Crippen LogP contribution in [-0.2, 0) is 0 Å². The Labute approximate surface area is 79.2 Å². The number of hydrogen-bond donors (Lipinski definition) is 0. The lowest BCUT2D eigenvalue weighted by atomic mass is 10.2. The Balaban J connectivity index is 0.000000845. The van der Waals surface area contributed by atoms with Crippen molar-refractivity contribution < 1.29 is 0 Å². The van der Waals surface area contributed by atoms with Crippen LogP contribution in [0.2, 0.25) is 0 Å². The molecule has 0 aromatic carbocycles. The van der Waals surface area contributed by atoms with Gasteiger partial charge in [0.15, 0.2) is 0 Å². The normalized spacial score (nSPS) is 8.92. The fourth-order valence-corrected chi connectivity index (χ4v) is 1.03. The van der Waals surface area contributed by atoms with Crippen LogP contribution >= 0.6 is 0 Å². The molecule has 2 nitrogen and oxygen atoms in total. The summed E-state index contributed by atoms with van der Waals surface area (Å²) < 4.78 is 0. The van der Waals surface area contributed by atoms with Crippen LogP contribution in [0, 0.1) is 0 Å². The van der Waals surface area contributed by atoms with Gasteiger partial charge in [-0.25, -0.2) is 0 Å². The zero-order valence-corrected chi connectivity index (χ0v) is 7.09. The molecule has 0 atom stereocenters. The van der Waals surface area contributed by atoms with E-state index in [4.69, 9.17) is 0 Å². The van der Waals surface area contributed by atoms with Crippen LogP contribution in [0.25, 0.3) is 11.4 Å². The molecule has 2 rings (SSSR count). The van der Waals surface area contributed by atoms with Crippen molar-refractivity contribution in [2.24, 2.45) is 0 Å². The van der Waals surface area contributed by atoms with E-state index in [9.17, 15) is 0 Å². The van der Waals surface area contributed by atoms with E-state index in [1.165, 1.54) is 0 Å². The minimum Gasteiger partial charge on any atom is -0.255 e. The van der Waals surface area contributed by atoms with E-state index in [0.29, 0.717) is 0 Å². The molecule has 0 aliphatic carbocycles. The lowest BCUT2D eigenvalue weighted by molar-refractivity contribution is 1.25. The van der Waals surface area contributed by atoms with Crippen molar-refractivity contribution >= 4 is 8.41 Å². The summed E-state index contributed by atoms with van der Waals surface area (Å²) in [5, 5.41) is 0. The fraction of sp³-hybridized carbons (Fsp3) is 0. The Morgan fingerprint density at radius 2 is 1.15 bits per heavy atom. The predicted octanol–water partition coefficient (Wildman–Crippen LogP) is 1.76. The molecule has 0 saturated heterocycles. The van der Waals surface area contributed by atoms with Crippen LogP contribution in [0.1, 0.15) is 0 Å². The zero-order valence-electron chi connectivity index (χ0n) is 7.09. The van der Waals surface area contributed by atoms with Crippen LogP contribution in [0.4, 0.5) is 0 Å². The highest BCUT2D eigenvalue weighted by atomic mass is 14.7. The van der Waals surface area contributed by atoms with E-state index >= 15 is 0 Å². The summed E-state index contributed by atoms with van der Waals surface area (Å²) in [6.45, 7) is 0. The van der Waals surface area contributed by atoms with Gasteiger partial charge >= 0.3 is 0 Å². The number of aromatic nitrogens is 2. The van der Waals surface area contributed by atoms with Gasteiger partial charge in [-0.05, 0) is 24.3 Å². The highest BCUT2D eigenvalue weighted by Gasteiger charge is 1.95. The molecule has 3 heteroatoms. The average Bonchev–Trinajstić information content (AvgIpc) is 2.21. The third kappa shape index (κ3) is 2.15. The highest BCUT2D eigenvalue weighted by Crippen LogP contribution is 2.10. The molecule has 0 bridgehead atoms. The van der Waals surface area contributed by atoms with Gasteiger partial charge in [0, 0.05) is 20.8 Å². The molecule has 61 valence electrons. The molecule has 0 spiro atoms. The lowest BCUT2D eigenvalue weighted by Crippen LogP contribution is -1.83. The van der Waals surface area contributed by atoms with Crippen LogP contribution < -0.4 is 0 Å². The first-order valence-electron chi connectivity index (χ1n) is 3.79. The lowest BCUT2D eigenvalue weighted by Gasteiger charge is -1.96. The maximum absolute atomic E-state index is 4.19. The molecular weight excluding hydrogens is 159 g/mol. The van der Waals surface area contributed by atoms with Crippen LogP contribution in [-0.4, -0.2) is 18.4 Å². The van der Waals surface area contributed by atoms with Gasteiger partial charge in [-0.3, -0.25) is 9.97 Å². The first-order valence-corrected chi connectivity index (χ1v) is 3.79. The second-order valence-electron chi connectivity index (χ2n) is 2.43. The summed E-state index contributed by atoms with van der Waals surface area (Å²) in [4.78, 5) is 8.37. The molecule has 0 aliphatic rings. The van der Waals surface area contributed by atoms with Crippen LogP contribution in [0.3, 0.4) is 0 Å². The predicted molar refractivity (Wildman–Crippen MR) is 53.2 cm³/mol. The van der Waals surface area contributed by atoms with Crippen molar-refractivity contribution in [2.45, 2.75) is 0 Å². The van der Waals surface area contributed by atoms with Crippen molar-refractivity contribution in [3.05, 3.63) is 48.8 Å². The number of hydrogen-bond acceptors (Lipinski definition) is 2. The maximum atomic E-state index is 4.19. The molecule has 13 heavy (non-hydrogen) atoms. The van der Waals surface area contributed by atoms with E-state index < -0.39 is 0 Å². The van der Waals surface area contributed by atoms with E-state index in [1.54, 1.807) is 12.4 Å². The number of nitrogens with zero attached hydrogens (tertiary/aromatic N) is 2. The van der Waals surface area contributed by atoms with Crippen molar-refractivity contribution in [1.29, 1.82) is 0 Å². The highest BCUT2D eigenvalue weighted by molar-refractivity contribution is 5.75. The zero-order chi connectivity index (χ0) is 8.23. The van der Waals surface area contributed by atoms with Gasteiger partial charge in [0.05, 0.1) is 11.4 Å². The Morgan fingerprint density at radius 1 is 0.692 bits per heavy atom. The van der Waals surface area contributed by atoms with Crippen molar-refractivity contribution in [3.8, 4) is 11.4 Å². The Bertz CT molecular complexity index is 310. The van der Waals surface area contributed by atoms with Gasteiger partial charge < -0.3 is 0 Å². The number of pyridine rings is 2. The van der Waals surface area contributed by atoms with Gasteiger partial charge in [-0.15, -0.1) is 0 Å². The minimum atomic E-state index is 0. The quantitative estimate of drug-likeness (QED) is 0.604. The van der Waals surface area contributed by atoms with Crippen molar-refractivity contribution in [2.75, 3.05) is 0 Å². The van der Waals surface area contributed by atoms with Crippen molar-refractivity contribution in [1.82, 2.24) is 9.97 Å².